The number of nitrogens with one attached hydrogen (secondary N) is 1. The molecule has 0 saturated heterocycles. The van der Waals surface area contributed by atoms with Gasteiger partial charge in [-0.25, -0.2) is 0 Å². The Morgan fingerprint density at radius 3 is 2.58 bits per heavy atom. The maximum Gasteiger partial charge on any atom is 0.292 e. The second-order valence-corrected chi connectivity index (χ2v) is 6.65. The van der Waals surface area contributed by atoms with Crippen molar-refractivity contribution in [3.05, 3.63) is 55.5 Å². The van der Waals surface area contributed by atoms with E-state index in [1.54, 1.807) is 12.1 Å². The Bertz CT molecular complexity index is 798. The molecule has 0 saturated carbocycles. The van der Waals surface area contributed by atoms with E-state index in [-0.39, 0.29) is 11.4 Å². The standard InChI is InChI=1S/C15H13Br2N3O4/c1-8(15(18)21)19-12-7-10(3-4-13(12)20(22)23)24-14-5-2-9(16)6-11(14)17/h2-8,19H,1H3,(H2,18,21). The van der Waals surface area contributed by atoms with Gasteiger partial charge in [-0.1, -0.05) is 15.9 Å². The van der Waals surface area contributed by atoms with Gasteiger partial charge in [-0.2, -0.15) is 0 Å². The van der Waals surface area contributed by atoms with Crippen LogP contribution in [0.5, 0.6) is 11.5 Å². The number of hydrogen-bond donors (Lipinski definition) is 2. The van der Waals surface area contributed by atoms with Crippen molar-refractivity contribution in [2.75, 3.05) is 5.32 Å². The number of nitro benzene ring substituents is 1. The van der Waals surface area contributed by atoms with E-state index < -0.39 is 16.9 Å². The van der Waals surface area contributed by atoms with Crippen molar-refractivity contribution in [2.24, 2.45) is 5.73 Å². The van der Waals surface area contributed by atoms with Gasteiger partial charge in [-0.3, -0.25) is 14.9 Å². The van der Waals surface area contributed by atoms with Crippen LogP contribution >= 0.6 is 31.9 Å². The molecule has 1 atom stereocenters. The summed E-state index contributed by atoms with van der Waals surface area (Å²) in [6, 6.07) is 8.83. The molecule has 0 fully saturated rings. The summed E-state index contributed by atoms with van der Waals surface area (Å²) >= 11 is 6.73. The first-order chi connectivity index (χ1) is 11.3. The number of ether oxygens (including phenoxy) is 1. The SMILES string of the molecule is CC(Nc1cc(Oc2ccc(Br)cc2Br)ccc1[N+](=O)[O-])C(N)=O. The number of carbonyl (C=O) groups is 1. The third kappa shape index (κ3) is 4.45. The predicted molar refractivity (Wildman–Crippen MR) is 97.3 cm³/mol. The van der Waals surface area contributed by atoms with E-state index in [1.165, 1.54) is 25.1 Å². The predicted octanol–water partition coefficient (Wildman–Crippen LogP) is 4.20. The Morgan fingerprint density at radius 2 is 2.00 bits per heavy atom. The van der Waals surface area contributed by atoms with E-state index in [1.807, 2.05) is 6.07 Å². The number of hydrogen-bond acceptors (Lipinski definition) is 5. The number of nitro groups is 1. The van der Waals surface area contributed by atoms with Crippen molar-refractivity contribution in [2.45, 2.75) is 13.0 Å². The molecule has 0 spiro atoms. The van der Waals surface area contributed by atoms with Crippen molar-refractivity contribution in [3.63, 3.8) is 0 Å². The molecule has 1 unspecified atom stereocenters. The monoisotopic (exact) mass is 457 g/mol. The summed E-state index contributed by atoms with van der Waals surface area (Å²) in [4.78, 5) is 21.8. The molecule has 2 rings (SSSR count). The van der Waals surface area contributed by atoms with Gasteiger partial charge in [0, 0.05) is 16.6 Å². The molecule has 0 aromatic heterocycles. The molecule has 9 heteroatoms. The van der Waals surface area contributed by atoms with Gasteiger partial charge in [-0.15, -0.1) is 0 Å². The zero-order valence-electron chi connectivity index (χ0n) is 12.5. The number of nitrogens with zero attached hydrogens (tertiary/aromatic N) is 1. The van der Waals surface area contributed by atoms with Crippen LogP contribution < -0.4 is 15.8 Å². The minimum Gasteiger partial charge on any atom is -0.456 e. The summed E-state index contributed by atoms with van der Waals surface area (Å²) in [7, 11) is 0. The van der Waals surface area contributed by atoms with Crippen LogP contribution in [0.25, 0.3) is 0 Å². The quantitative estimate of drug-likeness (QED) is 0.498. The highest BCUT2D eigenvalue weighted by Crippen LogP contribution is 2.35. The summed E-state index contributed by atoms with van der Waals surface area (Å²) in [6.45, 7) is 1.52. The molecule has 0 bridgehead atoms. The first kappa shape index (κ1) is 18.2. The topological polar surface area (TPSA) is 107 Å². The fraction of sp³-hybridized carbons (Fsp3) is 0.133. The summed E-state index contributed by atoms with van der Waals surface area (Å²) in [5, 5.41) is 13.9. The van der Waals surface area contributed by atoms with Gasteiger partial charge in [-0.05, 0) is 47.1 Å². The van der Waals surface area contributed by atoms with Crippen LogP contribution in [0, 0.1) is 10.1 Å². The Morgan fingerprint density at radius 1 is 1.29 bits per heavy atom. The minimum atomic E-state index is -0.765. The summed E-state index contributed by atoms with van der Waals surface area (Å²) < 4.78 is 7.33. The van der Waals surface area contributed by atoms with E-state index in [0.29, 0.717) is 11.5 Å². The average molecular weight is 459 g/mol. The molecule has 0 aliphatic carbocycles. The molecule has 0 radical (unpaired) electrons. The third-order valence-corrected chi connectivity index (χ3v) is 4.20. The number of amides is 1. The summed E-state index contributed by atoms with van der Waals surface area (Å²) in [5.41, 5.74) is 5.17. The van der Waals surface area contributed by atoms with Crippen LogP contribution in [-0.2, 0) is 4.79 Å². The van der Waals surface area contributed by atoms with Crippen molar-refractivity contribution in [3.8, 4) is 11.5 Å². The van der Waals surface area contributed by atoms with Gasteiger partial charge in [0.05, 0.1) is 9.40 Å². The zero-order chi connectivity index (χ0) is 17.9. The Hall–Kier alpha value is -2.13. The van der Waals surface area contributed by atoms with Crippen LogP contribution in [0.2, 0.25) is 0 Å². The maximum atomic E-state index is 11.2. The van der Waals surface area contributed by atoms with E-state index in [0.717, 1.165) is 8.95 Å². The Kier molecular flexibility index (Phi) is 5.79. The highest BCUT2D eigenvalue weighted by Gasteiger charge is 2.19. The van der Waals surface area contributed by atoms with Crippen molar-refractivity contribution < 1.29 is 14.5 Å². The second kappa shape index (κ2) is 7.63. The second-order valence-electron chi connectivity index (χ2n) is 4.88. The highest BCUT2D eigenvalue weighted by molar-refractivity contribution is 9.11. The molecule has 0 aliphatic rings. The lowest BCUT2D eigenvalue weighted by Crippen LogP contribution is -2.32. The number of carbonyl (C=O) groups excluding carboxylic acids is 1. The lowest BCUT2D eigenvalue weighted by Gasteiger charge is -2.14. The Labute approximate surface area is 154 Å². The smallest absolute Gasteiger partial charge is 0.292 e. The van der Waals surface area contributed by atoms with Crippen molar-refractivity contribution in [1.82, 2.24) is 0 Å². The number of primary amides is 1. The molecule has 2 aromatic rings. The molecule has 24 heavy (non-hydrogen) atoms. The molecular formula is C15H13Br2N3O4. The average Bonchev–Trinajstić information content (AvgIpc) is 2.50. The van der Waals surface area contributed by atoms with E-state index >= 15 is 0 Å². The fourth-order valence-electron chi connectivity index (χ4n) is 1.84. The molecule has 7 nitrogen and oxygen atoms in total. The van der Waals surface area contributed by atoms with Gasteiger partial charge in [0.1, 0.15) is 23.2 Å². The molecule has 0 aliphatic heterocycles. The zero-order valence-corrected chi connectivity index (χ0v) is 15.6. The first-order valence-corrected chi connectivity index (χ1v) is 8.33. The van der Waals surface area contributed by atoms with E-state index in [9.17, 15) is 14.9 Å². The lowest BCUT2D eigenvalue weighted by atomic mass is 10.2. The number of anilines is 1. The van der Waals surface area contributed by atoms with Crippen LogP contribution in [-0.4, -0.2) is 16.9 Å². The van der Waals surface area contributed by atoms with Crippen molar-refractivity contribution in [1.29, 1.82) is 0 Å². The largest absolute Gasteiger partial charge is 0.456 e. The normalized spacial score (nSPS) is 11.6. The number of benzene rings is 2. The molecule has 1 amide bonds. The number of nitrogens with two attached hydrogens (primary N) is 1. The third-order valence-electron chi connectivity index (χ3n) is 3.09. The molecule has 126 valence electrons. The number of rotatable bonds is 6. The van der Waals surface area contributed by atoms with Gasteiger partial charge in [0.15, 0.2) is 0 Å². The lowest BCUT2D eigenvalue weighted by molar-refractivity contribution is -0.384. The van der Waals surface area contributed by atoms with E-state index in [2.05, 4.69) is 37.2 Å². The van der Waals surface area contributed by atoms with Gasteiger partial charge in [0.2, 0.25) is 5.91 Å². The summed E-state index contributed by atoms with van der Waals surface area (Å²) in [5.74, 6) is 0.301. The Balaban J connectivity index is 2.34. The minimum absolute atomic E-state index is 0.150. The molecule has 0 heterocycles. The van der Waals surface area contributed by atoms with Gasteiger partial charge < -0.3 is 15.8 Å². The van der Waals surface area contributed by atoms with Gasteiger partial charge in [0.25, 0.3) is 5.69 Å². The molecule has 2 aromatic carbocycles. The highest BCUT2D eigenvalue weighted by atomic mass is 79.9. The number of halogens is 2. The molecular weight excluding hydrogens is 446 g/mol. The van der Waals surface area contributed by atoms with Crippen molar-refractivity contribution >= 4 is 49.1 Å². The first-order valence-electron chi connectivity index (χ1n) is 6.75. The molecule has 3 N–H and O–H groups in total. The fourth-order valence-corrected chi connectivity index (χ4v) is 2.97. The van der Waals surface area contributed by atoms with Crippen LogP contribution in [0.1, 0.15) is 6.92 Å². The van der Waals surface area contributed by atoms with Gasteiger partial charge >= 0.3 is 0 Å². The summed E-state index contributed by atoms with van der Waals surface area (Å²) in [6.07, 6.45) is 0. The van der Waals surface area contributed by atoms with Crippen LogP contribution in [0.4, 0.5) is 11.4 Å². The maximum absolute atomic E-state index is 11.2. The van der Waals surface area contributed by atoms with Crippen LogP contribution in [0.15, 0.2) is 45.3 Å². The van der Waals surface area contributed by atoms with E-state index in [4.69, 9.17) is 10.5 Å². The van der Waals surface area contributed by atoms with Crippen LogP contribution in [0.3, 0.4) is 0 Å².